The summed E-state index contributed by atoms with van der Waals surface area (Å²) in [5.41, 5.74) is 11.3. The monoisotopic (exact) mass is 632 g/mol. The molecule has 0 atom stereocenters. The standard InChI is InChI=1S/C46H24N4/c47-25-29-20-30(49-41-18-7-5-14-33(41)37-21-27-10-1-2-11-28(27)22-43(37)49)23-44(40(29)26-48)50-42-19-8-6-15-34(42)39-24-38-32-13-4-3-12-31(32)35-16-9-17-36(45(35)38)46(39)50/h1-24H. The summed E-state index contributed by atoms with van der Waals surface area (Å²) in [6.45, 7) is 0. The number of nitrogens with zero attached hydrogens (tertiary/aromatic N) is 4. The molecule has 50 heavy (non-hydrogen) atoms. The van der Waals surface area contributed by atoms with Crippen molar-refractivity contribution >= 4 is 65.2 Å². The summed E-state index contributed by atoms with van der Waals surface area (Å²) in [6.07, 6.45) is 0. The maximum atomic E-state index is 10.8. The highest BCUT2D eigenvalue weighted by Crippen LogP contribution is 2.51. The maximum Gasteiger partial charge on any atom is 0.103 e. The molecule has 8 aromatic carbocycles. The van der Waals surface area contributed by atoms with E-state index in [0.717, 1.165) is 60.1 Å². The quantitative estimate of drug-likeness (QED) is 0.190. The Bertz CT molecular complexity index is 3230. The van der Waals surface area contributed by atoms with Crippen molar-refractivity contribution in [3.63, 3.8) is 0 Å². The molecule has 0 amide bonds. The average Bonchev–Trinajstić information content (AvgIpc) is 3.80. The van der Waals surface area contributed by atoms with Gasteiger partial charge in [-0.1, -0.05) is 103 Å². The largest absolute Gasteiger partial charge is 0.309 e. The minimum absolute atomic E-state index is 0.344. The van der Waals surface area contributed by atoms with Gasteiger partial charge in [0.25, 0.3) is 0 Å². The molecule has 4 nitrogen and oxygen atoms in total. The van der Waals surface area contributed by atoms with Crippen LogP contribution in [0.15, 0.2) is 146 Å². The summed E-state index contributed by atoms with van der Waals surface area (Å²) >= 11 is 0. The van der Waals surface area contributed by atoms with Crippen LogP contribution in [0, 0.1) is 22.7 Å². The van der Waals surface area contributed by atoms with E-state index >= 15 is 0 Å². The first-order valence-electron chi connectivity index (χ1n) is 16.7. The van der Waals surface area contributed by atoms with E-state index in [1.807, 2.05) is 12.1 Å². The molecule has 0 spiro atoms. The second-order valence-corrected chi connectivity index (χ2v) is 13.1. The first kappa shape index (κ1) is 26.9. The summed E-state index contributed by atoms with van der Waals surface area (Å²) < 4.78 is 4.47. The van der Waals surface area contributed by atoms with E-state index in [1.165, 1.54) is 33.0 Å². The van der Waals surface area contributed by atoms with E-state index in [-0.39, 0.29) is 0 Å². The highest BCUT2D eigenvalue weighted by Gasteiger charge is 2.27. The molecule has 4 heteroatoms. The van der Waals surface area contributed by atoms with Gasteiger partial charge in [-0.2, -0.15) is 10.5 Å². The van der Waals surface area contributed by atoms with Gasteiger partial charge in [-0.25, -0.2) is 0 Å². The molecule has 0 fully saturated rings. The Morgan fingerprint density at radius 1 is 0.420 bits per heavy atom. The van der Waals surface area contributed by atoms with Crippen LogP contribution >= 0.6 is 0 Å². The third-order valence-electron chi connectivity index (χ3n) is 10.7. The zero-order chi connectivity index (χ0) is 33.1. The van der Waals surface area contributed by atoms with Crippen molar-refractivity contribution in [1.82, 2.24) is 9.13 Å². The number of aromatic nitrogens is 2. The molecular formula is C46H24N4. The van der Waals surface area contributed by atoms with E-state index < -0.39 is 0 Å². The molecule has 2 heterocycles. The van der Waals surface area contributed by atoms with Gasteiger partial charge in [0.05, 0.1) is 38.9 Å². The van der Waals surface area contributed by atoms with Gasteiger partial charge in [0.1, 0.15) is 12.1 Å². The van der Waals surface area contributed by atoms with E-state index in [0.29, 0.717) is 16.8 Å². The minimum Gasteiger partial charge on any atom is -0.309 e. The van der Waals surface area contributed by atoms with E-state index in [9.17, 15) is 10.5 Å². The van der Waals surface area contributed by atoms with Gasteiger partial charge in [0.2, 0.25) is 0 Å². The number of para-hydroxylation sites is 2. The summed E-state index contributed by atoms with van der Waals surface area (Å²) in [5, 5.41) is 30.6. The van der Waals surface area contributed by atoms with Crippen LogP contribution < -0.4 is 0 Å². The number of hydrogen-bond acceptors (Lipinski definition) is 2. The minimum atomic E-state index is 0.344. The van der Waals surface area contributed by atoms with Crippen molar-refractivity contribution in [3.8, 4) is 45.8 Å². The zero-order valence-corrected chi connectivity index (χ0v) is 26.6. The van der Waals surface area contributed by atoms with Gasteiger partial charge < -0.3 is 9.13 Å². The molecule has 2 aromatic heterocycles. The number of benzene rings is 8. The molecular weight excluding hydrogens is 609 g/mol. The second-order valence-electron chi connectivity index (χ2n) is 13.1. The van der Waals surface area contributed by atoms with Crippen LogP contribution in [0.1, 0.15) is 11.1 Å². The van der Waals surface area contributed by atoms with Gasteiger partial charge in [-0.3, -0.25) is 0 Å². The van der Waals surface area contributed by atoms with E-state index in [4.69, 9.17) is 0 Å². The third kappa shape index (κ3) is 3.37. The van der Waals surface area contributed by atoms with Gasteiger partial charge in [-0.15, -0.1) is 0 Å². The first-order chi connectivity index (χ1) is 24.7. The highest BCUT2D eigenvalue weighted by molar-refractivity contribution is 6.27. The van der Waals surface area contributed by atoms with Gasteiger partial charge in [-0.05, 0) is 80.9 Å². The Morgan fingerprint density at radius 3 is 1.80 bits per heavy atom. The predicted molar refractivity (Wildman–Crippen MR) is 204 cm³/mol. The van der Waals surface area contributed by atoms with Crippen molar-refractivity contribution in [3.05, 3.63) is 157 Å². The van der Waals surface area contributed by atoms with Crippen LogP contribution in [0.5, 0.6) is 0 Å². The molecule has 1 aliphatic rings. The van der Waals surface area contributed by atoms with E-state index in [2.05, 4.69) is 155 Å². The molecule has 0 radical (unpaired) electrons. The van der Waals surface area contributed by atoms with Gasteiger partial charge in [0, 0.05) is 32.6 Å². The first-order valence-corrected chi connectivity index (χ1v) is 16.7. The van der Waals surface area contributed by atoms with E-state index in [1.54, 1.807) is 0 Å². The lowest BCUT2D eigenvalue weighted by molar-refractivity contribution is 1.12. The van der Waals surface area contributed by atoms with Crippen LogP contribution in [0.3, 0.4) is 0 Å². The number of rotatable bonds is 2. The topological polar surface area (TPSA) is 57.4 Å². The van der Waals surface area contributed by atoms with Crippen molar-refractivity contribution in [1.29, 1.82) is 10.5 Å². The molecule has 0 bridgehead atoms. The lowest BCUT2D eigenvalue weighted by Crippen LogP contribution is -2.04. The molecule has 228 valence electrons. The molecule has 0 saturated carbocycles. The van der Waals surface area contributed by atoms with Crippen molar-refractivity contribution in [2.45, 2.75) is 0 Å². The summed E-state index contributed by atoms with van der Waals surface area (Å²) in [4.78, 5) is 0. The summed E-state index contributed by atoms with van der Waals surface area (Å²) in [7, 11) is 0. The Balaban J connectivity index is 1.30. The van der Waals surface area contributed by atoms with Crippen molar-refractivity contribution in [2.24, 2.45) is 0 Å². The number of hydrogen-bond donors (Lipinski definition) is 0. The normalized spacial score (nSPS) is 12.0. The fraction of sp³-hybridized carbons (Fsp3) is 0. The van der Waals surface area contributed by atoms with Crippen LogP contribution in [0.2, 0.25) is 0 Å². The smallest absolute Gasteiger partial charge is 0.103 e. The zero-order valence-electron chi connectivity index (χ0n) is 26.6. The lowest BCUT2D eigenvalue weighted by atomic mass is 9.99. The second kappa shape index (κ2) is 9.70. The van der Waals surface area contributed by atoms with Crippen LogP contribution in [-0.2, 0) is 0 Å². The highest BCUT2D eigenvalue weighted by atomic mass is 15.0. The van der Waals surface area contributed by atoms with Crippen LogP contribution in [0.4, 0.5) is 0 Å². The van der Waals surface area contributed by atoms with Crippen LogP contribution in [-0.4, -0.2) is 9.13 Å². The molecule has 1 aliphatic carbocycles. The van der Waals surface area contributed by atoms with Crippen molar-refractivity contribution < 1.29 is 0 Å². The van der Waals surface area contributed by atoms with Crippen LogP contribution in [0.25, 0.3) is 98.8 Å². The third-order valence-corrected chi connectivity index (χ3v) is 10.7. The number of nitriles is 2. The summed E-state index contributed by atoms with van der Waals surface area (Å²) in [5.74, 6) is 0. The predicted octanol–water partition coefficient (Wildman–Crippen LogP) is 11.6. The molecule has 0 N–H and O–H groups in total. The Labute approximate surface area is 286 Å². The number of fused-ring (bicyclic) bond motifs is 11. The SMILES string of the molecule is N#Cc1cc(-n2c3ccccc3c3cc4ccccc4cc32)cc(-n2c3ccccc3c3cc4c5c(cccc5c32)-c2ccccc2-4)c1C#N. The Morgan fingerprint density at radius 2 is 1.04 bits per heavy atom. The molecule has 0 unspecified atom stereocenters. The average molecular weight is 633 g/mol. The van der Waals surface area contributed by atoms with Crippen molar-refractivity contribution in [2.75, 3.05) is 0 Å². The van der Waals surface area contributed by atoms with Gasteiger partial charge >= 0.3 is 0 Å². The Hall–Kier alpha value is -7.14. The maximum absolute atomic E-state index is 10.8. The molecule has 11 rings (SSSR count). The summed E-state index contributed by atoms with van der Waals surface area (Å²) in [6, 6.07) is 56.0. The molecule has 0 saturated heterocycles. The fourth-order valence-corrected chi connectivity index (χ4v) is 8.63. The Kier molecular flexibility index (Phi) is 5.22. The molecule has 10 aromatic rings. The van der Waals surface area contributed by atoms with Gasteiger partial charge in [0.15, 0.2) is 0 Å². The fourth-order valence-electron chi connectivity index (χ4n) is 8.63. The lowest BCUT2D eigenvalue weighted by Gasteiger charge is -2.16. The molecule has 0 aliphatic heterocycles.